The molecule has 154 valence electrons. The van der Waals surface area contributed by atoms with Gasteiger partial charge >= 0.3 is 0 Å². The van der Waals surface area contributed by atoms with Gasteiger partial charge in [-0.15, -0.1) is 0 Å². The maximum Gasteiger partial charge on any atom is 0.254 e. The summed E-state index contributed by atoms with van der Waals surface area (Å²) in [4.78, 5) is 33.5. The van der Waals surface area contributed by atoms with Crippen LogP contribution in [0.15, 0.2) is 36.5 Å². The van der Waals surface area contributed by atoms with E-state index in [9.17, 15) is 9.59 Å². The van der Waals surface area contributed by atoms with Gasteiger partial charge in [-0.2, -0.15) is 0 Å². The van der Waals surface area contributed by atoms with Crippen molar-refractivity contribution in [3.63, 3.8) is 0 Å². The molecule has 1 aliphatic rings. The molecule has 6 nitrogen and oxygen atoms in total. The summed E-state index contributed by atoms with van der Waals surface area (Å²) in [6.07, 6.45) is 3.65. The fourth-order valence-corrected chi connectivity index (χ4v) is 3.55. The van der Waals surface area contributed by atoms with Crippen molar-refractivity contribution in [3.05, 3.63) is 58.8 Å². The van der Waals surface area contributed by atoms with E-state index in [0.29, 0.717) is 25.2 Å². The maximum atomic E-state index is 12.9. The Kier molecular flexibility index (Phi) is 6.86. The summed E-state index contributed by atoms with van der Waals surface area (Å²) < 4.78 is 0. The van der Waals surface area contributed by atoms with Gasteiger partial charge in [0, 0.05) is 44.5 Å². The Balaban J connectivity index is 1.56. The molecule has 0 atom stereocenters. The van der Waals surface area contributed by atoms with Gasteiger partial charge in [-0.3, -0.25) is 9.59 Å². The van der Waals surface area contributed by atoms with E-state index in [1.54, 1.807) is 6.20 Å². The molecule has 3 rings (SSSR count). The molecular weight excluding hydrogens is 364 g/mol. The molecule has 0 radical (unpaired) electrons. The second kappa shape index (κ2) is 9.54. The van der Waals surface area contributed by atoms with Gasteiger partial charge in [-0.25, -0.2) is 4.98 Å². The Morgan fingerprint density at radius 1 is 1.07 bits per heavy atom. The van der Waals surface area contributed by atoms with E-state index in [-0.39, 0.29) is 11.8 Å². The van der Waals surface area contributed by atoms with Gasteiger partial charge < -0.3 is 15.1 Å². The van der Waals surface area contributed by atoms with Crippen LogP contribution in [-0.4, -0.2) is 54.4 Å². The van der Waals surface area contributed by atoms with Gasteiger partial charge in [0.25, 0.3) is 11.8 Å². The topological polar surface area (TPSA) is 65.5 Å². The van der Waals surface area contributed by atoms with Crippen LogP contribution in [0, 0.1) is 13.8 Å². The SMILES string of the molecule is CCCCNC(=O)c1ccc(N2CCN(C(=O)c3ccc(C)cc3C)CC2)nc1. The molecule has 1 fully saturated rings. The predicted molar refractivity (Wildman–Crippen MR) is 116 cm³/mol. The molecular formula is C23H30N4O2. The fraction of sp³-hybridized carbons (Fsp3) is 0.435. The minimum absolute atomic E-state index is 0.0821. The number of hydrogen-bond donors (Lipinski definition) is 1. The van der Waals surface area contributed by atoms with Crippen molar-refractivity contribution in [2.75, 3.05) is 37.6 Å². The van der Waals surface area contributed by atoms with Crippen LogP contribution in [0.2, 0.25) is 0 Å². The number of unbranched alkanes of at least 4 members (excludes halogenated alkanes) is 1. The minimum atomic E-state index is -0.0821. The highest BCUT2D eigenvalue weighted by Gasteiger charge is 2.24. The molecule has 1 aromatic carbocycles. The lowest BCUT2D eigenvalue weighted by atomic mass is 10.0. The van der Waals surface area contributed by atoms with E-state index in [2.05, 4.69) is 22.1 Å². The monoisotopic (exact) mass is 394 g/mol. The molecule has 6 heteroatoms. The third kappa shape index (κ3) is 5.13. The Morgan fingerprint density at radius 2 is 1.83 bits per heavy atom. The highest BCUT2D eigenvalue weighted by molar-refractivity contribution is 5.96. The summed E-state index contributed by atoms with van der Waals surface area (Å²) in [5.41, 5.74) is 3.54. The number of nitrogens with one attached hydrogen (secondary N) is 1. The van der Waals surface area contributed by atoms with Gasteiger partial charge in [0.05, 0.1) is 5.56 Å². The lowest BCUT2D eigenvalue weighted by Gasteiger charge is -2.35. The zero-order valence-electron chi connectivity index (χ0n) is 17.6. The van der Waals surface area contributed by atoms with Crippen molar-refractivity contribution < 1.29 is 9.59 Å². The van der Waals surface area contributed by atoms with E-state index >= 15 is 0 Å². The summed E-state index contributed by atoms with van der Waals surface area (Å²) in [5.74, 6) is 0.851. The van der Waals surface area contributed by atoms with Gasteiger partial charge in [0.2, 0.25) is 0 Å². The number of piperazine rings is 1. The van der Waals surface area contributed by atoms with Gasteiger partial charge in [-0.1, -0.05) is 31.0 Å². The van der Waals surface area contributed by atoms with Crippen LogP contribution in [0.1, 0.15) is 51.6 Å². The fourth-order valence-electron chi connectivity index (χ4n) is 3.55. The zero-order chi connectivity index (χ0) is 20.8. The minimum Gasteiger partial charge on any atom is -0.353 e. The number of carbonyl (C=O) groups is 2. The number of benzene rings is 1. The normalized spacial score (nSPS) is 14.0. The number of hydrogen-bond acceptors (Lipinski definition) is 4. The van der Waals surface area contributed by atoms with Crippen molar-refractivity contribution in [2.24, 2.45) is 0 Å². The number of aromatic nitrogens is 1. The molecule has 1 saturated heterocycles. The summed E-state index contributed by atoms with van der Waals surface area (Å²) >= 11 is 0. The van der Waals surface area contributed by atoms with E-state index < -0.39 is 0 Å². The third-order valence-electron chi connectivity index (χ3n) is 5.33. The Morgan fingerprint density at radius 3 is 2.45 bits per heavy atom. The second-order valence-electron chi connectivity index (χ2n) is 7.61. The first-order chi connectivity index (χ1) is 14.0. The number of rotatable bonds is 6. The van der Waals surface area contributed by atoms with Crippen molar-refractivity contribution >= 4 is 17.6 Å². The standard InChI is InChI=1S/C23H30N4O2/c1-4-5-10-24-22(28)19-7-9-21(25-16-19)26-11-13-27(14-12-26)23(29)20-8-6-17(2)15-18(20)3/h6-9,15-16H,4-5,10-14H2,1-3H3,(H,24,28). The summed E-state index contributed by atoms with van der Waals surface area (Å²) in [6, 6.07) is 9.66. The average molecular weight is 395 g/mol. The van der Waals surface area contributed by atoms with E-state index in [1.165, 1.54) is 0 Å². The van der Waals surface area contributed by atoms with Gasteiger partial charge in [0.1, 0.15) is 5.82 Å². The van der Waals surface area contributed by atoms with Crippen LogP contribution in [-0.2, 0) is 0 Å². The average Bonchev–Trinajstić information content (AvgIpc) is 2.74. The first kappa shape index (κ1) is 20.8. The molecule has 1 aromatic heterocycles. The van der Waals surface area contributed by atoms with Crippen molar-refractivity contribution in [3.8, 4) is 0 Å². The number of aryl methyl sites for hydroxylation is 2. The van der Waals surface area contributed by atoms with E-state index in [1.807, 2.05) is 49.1 Å². The lowest BCUT2D eigenvalue weighted by Crippen LogP contribution is -2.49. The Hall–Kier alpha value is -2.89. The Labute approximate surface area is 172 Å². The van der Waals surface area contributed by atoms with Crippen LogP contribution in [0.3, 0.4) is 0 Å². The molecule has 2 heterocycles. The molecule has 1 aliphatic heterocycles. The highest BCUT2D eigenvalue weighted by atomic mass is 16.2. The summed E-state index contributed by atoms with van der Waals surface area (Å²) in [6.45, 7) is 9.58. The number of pyridine rings is 1. The molecule has 29 heavy (non-hydrogen) atoms. The van der Waals surface area contributed by atoms with Gasteiger partial charge in [0.15, 0.2) is 0 Å². The summed E-state index contributed by atoms with van der Waals surface area (Å²) in [7, 11) is 0. The molecule has 2 aromatic rings. The van der Waals surface area contributed by atoms with Crippen molar-refractivity contribution in [2.45, 2.75) is 33.6 Å². The second-order valence-corrected chi connectivity index (χ2v) is 7.61. The first-order valence-corrected chi connectivity index (χ1v) is 10.4. The Bertz CT molecular complexity index is 856. The molecule has 2 amide bonds. The van der Waals surface area contributed by atoms with Gasteiger partial charge in [-0.05, 0) is 44.0 Å². The molecule has 1 N–H and O–H groups in total. The van der Waals surface area contributed by atoms with Crippen molar-refractivity contribution in [1.82, 2.24) is 15.2 Å². The van der Waals surface area contributed by atoms with Crippen LogP contribution < -0.4 is 10.2 Å². The lowest BCUT2D eigenvalue weighted by molar-refractivity contribution is 0.0745. The number of nitrogens with zero attached hydrogens (tertiary/aromatic N) is 3. The smallest absolute Gasteiger partial charge is 0.254 e. The van der Waals surface area contributed by atoms with Crippen LogP contribution in [0.5, 0.6) is 0 Å². The highest BCUT2D eigenvalue weighted by Crippen LogP contribution is 2.18. The summed E-state index contributed by atoms with van der Waals surface area (Å²) in [5, 5.41) is 2.90. The zero-order valence-corrected chi connectivity index (χ0v) is 17.6. The largest absolute Gasteiger partial charge is 0.353 e. The van der Waals surface area contributed by atoms with Crippen LogP contribution >= 0.6 is 0 Å². The van der Waals surface area contributed by atoms with E-state index in [0.717, 1.165) is 48.4 Å². The third-order valence-corrected chi connectivity index (χ3v) is 5.33. The van der Waals surface area contributed by atoms with E-state index in [4.69, 9.17) is 0 Å². The predicted octanol–water partition coefficient (Wildman–Crippen LogP) is 3.19. The molecule has 0 bridgehead atoms. The number of anilines is 1. The molecule has 0 spiro atoms. The number of amides is 2. The molecule has 0 saturated carbocycles. The number of carbonyl (C=O) groups excluding carboxylic acids is 2. The quantitative estimate of drug-likeness (QED) is 0.764. The maximum absolute atomic E-state index is 12.9. The first-order valence-electron chi connectivity index (χ1n) is 10.4. The molecule has 0 unspecified atom stereocenters. The van der Waals surface area contributed by atoms with Crippen LogP contribution in [0.25, 0.3) is 0 Å². The van der Waals surface area contributed by atoms with Crippen LogP contribution in [0.4, 0.5) is 5.82 Å². The molecule has 0 aliphatic carbocycles. The van der Waals surface area contributed by atoms with Crippen molar-refractivity contribution in [1.29, 1.82) is 0 Å².